The average molecular weight is 437 g/mol. The molecule has 0 spiro atoms. The third-order valence-electron chi connectivity index (χ3n) is 4.83. The number of hydrogen-bond donors (Lipinski definition) is 1. The summed E-state index contributed by atoms with van der Waals surface area (Å²) in [6.45, 7) is 2.41. The van der Waals surface area contributed by atoms with Crippen LogP contribution < -0.4 is 5.32 Å². The maximum atomic E-state index is 12.7. The van der Waals surface area contributed by atoms with Crippen LogP contribution in [0.4, 0.5) is 6.01 Å². The summed E-state index contributed by atoms with van der Waals surface area (Å²) < 4.78 is 34.3. The zero-order valence-corrected chi connectivity index (χ0v) is 17.5. The minimum absolute atomic E-state index is 0.0356. The largest absolute Gasteiger partial charge is 0.401 e. The summed E-state index contributed by atoms with van der Waals surface area (Å²) in [7, 11) is -1.78. The van der Waals surface area contributed by atoms with Crippen LogP contribution in [0.25, 0.3) is 11.6 Å². The van der Waals surface area contributed by atoms with Crippen molar-refractivity contribution >= 4 is 33.3 Å². The van der Waals surface area contributed by atoms with Crippen molar-refractivity contribution in [1.82, 2.24) is 24.3 Å². The fraction of sp³-hybridized carbons (Fsp3) is 0.412. The van der Waals surface area contributed by atoms with E-state index in [4.69, 9.17) is 4.42 Å². The fourth-order valence-corrected chi connectivity index (χ4v) is 5.83. The van der Waals surface area contributed by atoms with Gasteiger partial charge in [-0.25, -0.2) is 8.42 Å². The van der Waals surface area contributed by atoms with E-state index in [0.29, 0.717) is 25.1 Å². The van der Waals surface area contributed by atoms with Gasteiger partial charge in [0.05, 0.1) is 5.92 Å². The van der Waals surface area contributed by atoms with Gasteiger partial charge in [-0.05, 0) is 37.3 Å². The molecule has 0 aromatic carbocycles. The summed E-state index contributed by atoms with van der Waals surface area (Å²) >= 11 is 1.17. The Morgan fingerprint density at radius 2 is 2.21 bits per heavy atom. The molecular formula is C17H20N6O4S2. The van der Waals surface area contributed by atoms with Crippen LogP contribution in [0.2, 0.25) is 0 Å². The van der Waals surface area contributed by atoms with Crippen LogP contribution in [0.15, 0.2) is 32.2 Å². The number of nitrogens with one attached hydrogen (secondary N) is 1. The van der Waals surface area contributed by atoms with Crippen LogP contribution in [-0.2, 0) is 21.9 Å². The molecule has 1 saturated heterocycles. The van der Waals surface area contributed by atoms with Gasteiger partial charge in [-0.2, -0.15) is 9.40 Å². The Balaban J connectivity index is 1.43. The predicted octanol–water partition coefficient (Wildman–Crippen LogP) is 1.88. The highest BCUT2D eigenvalue weighted by atomic mass is 32.2. The Hall–Kier alpha value is -2.57. The minimum Gasteiger partial charge on any atom is -0.401 e. The van der Waals surface area contributed by atoms with Crippen molar-refractivity contribution in [2.45, 2.75) is 24.0 Å². The highest BCUT2D eigenvalue weighted by Gasteiger charge is 2.34. The molecular weight excluding hydrogens is 416 g/mol. The van der Waals surface area contributed by atoms with Crippen molar-refractivity contribution in [3.8, 4) is 11.6 Å². The molecule has 3 aromatic heterocycles. The van der Waals surface area contributed by atoms with Crippen LogP contribution >= 0.6 is 11.3 Å². The summed E-state index contributed by atoms with van der Waals surface area (Å²) in [6, 6.07) is 5.03. The summed E-state index contributed by atoms with van der Waals surface area (Å²) in [6.07, 6.45) is 1.19. The molecule has 1 N–H and O–H groups in total. The van der Waals surface area contributed by atoms with Gasteiger partial charge >= 0.3 is 6.01 Å². The zero-order valence-electron chi connectivity index (χ0n) is 15.9. The molecule has 1 aliphatic heterocycles. The summed E-state index contributed by atoms with van der Waals surface area (Å²) in [5.74, 6) is -0.635. The minimum atomic E-state index is -3.58. The average Bonchev–Trinajstić information content (AvgIpc) is 3.44. The van der Waals surface area contributed by atoms with E-state index < -0.39 is 15.9 Å². The molecule has 29 heavy (non-hydrogen) atoms. The maximum Gasteiger partial charge on any atom is 0.322 e. The molecule has 0 saturated carbocycles. The number of nitrogens with zero attached hydrogens (tertiary/aromatic N) is 5. The number of carbonyl (C=O) groups is 1. The molecule has 1 unspecified atom stereocenters. The first-order valence-electron chi connectivity index (χ1n) is 9.03. The standard InChI is InChI=1S/C17H20N6O4S2/c1-11-9-13(21-22(11)2)16-19-20-17(27-16)18-15(24)12-5-3-7-23(10-12)29(25,26)14-6-4-8-28-14/h4,6,8-9,12H,3,5,7,10H2,1-2H3,(H,18,20,24). The van der Waals surface area contributed by atoms with Crippen LogP contribution in [0.1, 0.15) is 18.5 Å². The van der Waals surface area contributed by atoms with E-state index >= 15 is 0 Å². The van der Waals surface area contributed by atoms with E-state index in [9.17, 15) is 13.2 Å². The monoisotopic (exact) mass is 436 g/mol. The van der Waals surface area contributed by atoms with Gasteiger partial charge in [0.2, 0.25) is 5.91 Å². The van der Waals surface area contributed by atoms with Gasteiger partial charge in [-0.1, -0.05) is 11.2 Å². The lowest BCUT2D eigenvalue weighted by Crippen LogP contribution is -2.43. The third-order valence-corrected chi connectivity index (χ3v) is 8.07. The van der Waals surface area contributed by atoms with E-state index in [1.54, 1.807) is 35.3 Å². The number of piperidine rings is 1. The number of rotatable bonds is 5. The number of anilines is 1. The Labute approximate surface area is 171 Å². The smallest absolute Gasteiger partial charge is 0.322 e. The van der Waals surface area contributed by atoms with Gasteiger partial charge < -0.3 is 4.42 Å². The maximum absolute atomic E-state index is 12.7. The molecule has 1 atom stereocenters. The molecule has 10 nitrogen and oxygen atoms in total. The molecule has 1 aliphatic rings. The first-order chi connectivity index (χ1) is 13.8. The highest BCUT2D eigenvalue weighted by Crippen LogP contribution is 2.27. The normalized spacial score (nSPS) is 18.1. The Morgan fingerprint density at radius 3 is 2.90 bits per heavy atom. The van der Waals surface area contributed by atoms with Crippen molar-refractivity contribution in [1.29, 1.82) is 0 Å². The van der Waals surface area contributed by atoms with Gasteiger partial charge in [-0.3, -0.25) is 14.8 Å². The molecule has 4 rings (SSSR count). The van der Waals surface area contributed by atoms with Crippen molar-refractivity contribution in [3.63, 3.8) is 0 Å². The van der Waals surface area contributed by atoms with Gasteiger partial charge in [0.15, 0.2) is 0 Å². The number of sulfonamides is 1. The Kier molecular flexibility index (Phi) is 5.23. The zero-order chi connectivity index (χ0) is 20.6. The molecule has 12 heteroatoms. The molecule has 154 valence electrons. The fourth-order valence-electron chi connectivity index (χ4n) is 3.16. The number of aryl methyl sites for hydroxylation is 2. The molecule has 3 aromatic rings. The third kappa shape index (κ3) is 3.95. The van der Waals surface area contributed by atoms with Gasteiger partial charge in [0.1, 0.15) is 9.90 Å². The summed E-state index contributed by atoms with van der Waals surface area (Å²) in [4.78, 5) is 12.7. The molecule has 0 aliphatic carbocycles. The van der Waals surface area contributed by atoms with Crippen molar-refractivity contribution < 1.29 is 17.6 Å². The number of hydrogen-bond acceptors (Lipinski definition) is 8. The van der Waals surface area contributed by atoms with E-state index in [1.807, 2.05) is 6.92 Å². The second-order valence-electron chi connectivity index (χ2n) is 6.83. The Morgan fingerprint density at radius 1 is 1.38 bits per heavy atom. The Bertz CT molecular complexity index is 1100. The van der Waals surface area contributed by atoms with Crippen LogP contribution in [0.3, 0.4) is 0 Å². The molecule has 1 amide bonds. The van der Waals surface area contributed by atoms with Crippen molar-refractivity contribution in [2.24, 2.45) is 13.0 Å². The van der Waals surface area contributed by atoms with E-state index in [1.165, 1.54) is 15.6 Å². The predicted molar refractivity (Wildman–Crippen MR) is 106 cm³/mol. The second kappa shape index (κ2) is 7.69. The quantitative estimate of drug-likeness (QED) is 0.648. The highest BCUT2D eigenvalue weighted by molar-refractivity contribution is 7.91. The first-order valence-corrected chi connectivity index (χ1v) is 11.4. The number of carbonyl (C=O) groups excluding carboxylic acids is 1. The van der Waals surface area contributed by atoms with Crippen LogP contribution in [0, 0.1) is 12.8 Å². The topological polar surface area (TPSA) is 123 Å². The van der Waals surface area contributed by atoms with Gasteiger partial charge in [-0.15, -0.1) is 16.4 Å². The lowest BCUT2D eigenvalue weighted by atomic mass is 9.99. The van der Waals surface area contributed by atoms with Gasteiger partial charge in [0, 0.05) is 25.8 Å². The number of thiophene rings is 1. The van der Waals surface area contributed by atoms with Crippen molar-refractivity contribution in [2.75, 3.05) is 18.4 Å². The number of amides is 1. The SMILES string of the molecule is Cc1cc(-c2nnc(NC(=O)C3CCCN(S(=O)(=O)c4cccs4)C3)o2)nn1C. The van der Waals surface area contributed by atoms with Gasteiger partial charge in [0.25, 0.3) is 15.9 Å². The molecule has 1 fully saturated rings. The second-order valence-corrected chi connectivity index (χ2v) is 9.94. The molecule has 0 radical (unpaired) electrons. The van der Waals surface area contributed by atoms with Crippen molar-refractivity contribution in [3.05, 3.63) is 29.3 Å². The summed E-state index contributed by atoms with van der Waals surface area (Å²) in [5, 5.41) is 16.3. The number of aromatic nitrogens is 4. The first kappa shape index (κ1) is 19.7. The van der Waals surface area contributed by atoms with E-state index in [2.05, 4.69) is 20.6 Å². The van der Waals surface area contributed by atoms with Crippen LogP contribution in [0.5, 0.6) is 0 Å². The summed E-state index contributed by atoms with van der Waals surface area (Å²) in [5.41, 5.74) is 1.45. The van der Waals surface area contributed by atoms with Crippen LogP contribution in [-0.4, -0.2) is 51.7 Å². The van der Waals surface area contributed by atoms with E-state index in [-0.39, 0.29) is 28.6 Å². The molecule has 4 heterocycles. The lowest BCUT2D eigenvalue weighted by molar-refractivity contribution is -0.121. The lowest BCUT2D eigenvalue weighted by Gasteiger charge is -2.30. The van der Waals surface area contributed by atoms with E-state index in [0.717, 1.165) is 5.69 Å². The molecule has 0 bridgehead atoms.